The first-order valence-electron chi connectivity index (χ1n) is 9.12. The fourth-order valence-corrected chi connectivity index (χ4v) is 3.15. The van der Waals surface area contributed by atoms with Crippen LogP contribution in [0.3, 0.4) is 0 Å². The monoisotopic (exact) mass is 418 g/mol. The Morgan fingerprint density at radius 2 is 2.00 bits per heavy atom. The summed E-state index contributed by atoms with van der Waals surface area (Å²) in [6, 6.07) is 6.50. The van der Waals surface area contributed by atoms with Crippen molar-refractivity contribution in [3.8, 4) is 5.75 Å². The van der Waals surface area contributed by atoms with E-state index in [4.69, 9.17) is 4.74 Å². The zero-order valence-electron chi connectivity index (χ0n) is 15.8. The molecule has 1 aliphatic carbocycles. The zero-order chi connectivity index (χ0) is 21.5. The third kappa shape index (κ3) is 3.80. The Bertz CT molecular complexity index is 1190. The second kappa shape index (κ2) is 7.36. The predicted octanol–water partition coefficient (Wildman–Crippen LogP) is 4.04. The van der Waals surface area contributed by atoms with Crippen molar-refractivity contribution in [2.75, 3.05) is 17.7 Å². The number of benzene rings is 1. The summed E-state index contributed by atoms with van der Waals surface area (Å²) in [5, 5.41) is 5.67. The van der Waals surface area contributed by atoms with E-state index in [1.165, 1.54) is 30.5 Å². The lowest BCUT2D eigenvalue weighted by Crippen LogP contribution is -2.16. The molecule has 10 heteroatoms. The standard InChI is InChI=1S/C20H17F3N4O3/c1-30-17-11(20(21,22)23)3-2-4-13(17)25-14-9-15(27-18(28)10-5-6-10)26-12-7-8-24-19(29)16(12)14/h2-4,7-10H,5-6H2,1H3,(H,24,29)(H2,25,26,27,28). The van der Waals surface area contributed by atoms with Crippen molar-refractivity contribution >= 4 is 34.0 Å². The first-order valence-corrected chi connectivity index (χ1v) is 9.12. The highest BCUT2D eigenvalue weighted by Crippen LogP contribution is 2.41. The van der Waals surface area contributed by atoms with Gasteiger partial charge in [-0.15, -0.1) is 0 Å². The van der Waals surface area contributed by atoms with E-state index in [1.807, 2.05) is 0 Å². The maximum Gasteiger partial charge on any atom is 0.420 e. The maximum absolute atomic E-state index is 13.3. The van der Waals surface area contributed by atoms with Gasteiger partial charge in [0.05, 0.1) is 35.0 Å². The molecule has 1 saturated carbocycles. The molecule has 0 bridgehead atoms. The third-order valence-electron chi connectivity index (χ3n) is 4.72. The molecule has 3 N–H and O–H groups in total. The number of aromatic amines is 1. The second-order valence-electron chi connectivity index (χ2n) is 6.89. The second-order valence-corrected chi connectivity index (χ2v) is 6.89. The van der Waals surface area contributed by atoms with Crippen LogP contribution in [0.5, 0.6) is 5.75 Å². The van der Waals surface area contributed by atoms with Crippen molar-refractivity contribution in [1.82, 2.24) is 9.97 Å². The molecule has 7 nitrogen and oxygen atoms in total. The third-order valence-corrected chi connectivity index (χ3v) is 4.72. The molecule has 4 rings (SSSR count). The maximum atomic E-state index is 13.3. The van der Waals surface area contributed by atoms with E-state index in [1.54, 1.807) is 0 Å². The highest BCUT2D eigenvalue weighted by atomic mass is 19.4. The summed E-state index contributed by atoms with van der Waals surface area (Å²) in [6.07, 6.45) is -1.62. The van der Waals surface area contributed by atoms with Gasteiger partial charge in [-0.2, -0.15) is 13.2 Å². The van der Waals surface area contributed by atoms with Crippen molar-refractivity contribution < 1.29 is 22.7 Å². The van der Waals surface area contributed by atoms with Gasteiger partial charge in [-0.1, -0.05) is 6.07 Å². The lowest BCUT2D eigenvalue weighted by Gasteiger charge is -2.18. The van der Waals surface area contributed by atoms with E-state index >= 15 is 0 Å². The summed E-state index contributed by atoms with van der Waals surface area (Å²) < 4.78 is 45.0. The summed E-state index contributed by atoms with van der Waals surface area (Å²) in [5.41, 5.74) is -0.952. The van der Waals surface area contributed by atoms with Crippen molar-refractivity contribution in [3.63, 3.8) is 0 Å². The smallest absolute Gasteiger partial charge is 0.420 e. The van der Waals surface area contributed by atoms with Crippen LogP contribution in [0.2, 0.25) is 0 Å². The summed E-state index contributed by atoms with van der Waals surface area (Å²) >= 11 is 0. The lowest BCUT2D eigenvalue weighted by molar-refractivity contribution is -0.138. The van der Waals surface area contributed by atoms with Crippen LogP contribution in [0, 0.1) is 5.92 Å². The minimum absolute atomic E-state index is 0.0162. The first kappa shape index (κ1) is 19.7. The summed E-state index contributed by atoms with van der Waals surface area (Å²) in [4.78, 5) is 31.3. The quantitative estimate of drug-likeness (QED) is 0.581. The van der Waals surface area contributed by atoms with E-state index in [-0.39, 0.29) is 39.9 Å². The van der Waals surface area contributed by atoms with Crippen molar-refractivity contribution in [2.24, 2.45) is 5.92 Å². The van der Waals surface area contributed by atoms with Gasteiger partial charge in [0.15, 0.2) is 5.75 Å². The largest absolute Gasteiger partial charge is 0.494 e. The minimum Gasteiger partial charge on any atom is -0.494 e. The number of fused-ring (bicyclic) bond motifs is 1. The van der Waals surface area contributed by atoms with Gasteiger partial charge in [-0.3, -0.25) is 9.59 Å². The molecule has 3 aromatic rings. The molecular formula is C20H17F3N4O3. The number of nitrogens with one attached hydrogen (secondary N) is 3. The Morgan fingerprint density at radius 1 is 1.23 bits per heavy atom. The van der Waals surface area contributed by atoms with Crippen LogP contribution < -0.4 is 20.9 Å². The van der Waals surface area contributed by atoms with Crippen LogP contribution in [-0.2, 0) is 11.0 Å². The van der Waals surface area contributed by atoms with Gasteiger partial charge < -0.3 is 20.4 Å². The van der Waals surface area contributed by atoms with E-state index in [9.17, 15) is 22.8 Å². The molecule has 0 spiro atoms. The molecule has 1 aromatic carbocycles. The number of halogens is 3. The Morgan fingerprint density at radius 3 is 2.67 bits per heavy atom. The number of carbonyl (C=O) groups excluding carboxylic acids is 1. The van der Waals surface area contributed by atoms with Crippen molar-refractivity contribution in [1.29, 1.82) is 0 Å². The molecular weight excluding hydrogens is 401 g/mol. The van der Waals surface area contributed by atoms with Gasteiger partial charge in [-0.25, -0.2) is 4.98 Å². The van der Waals surface area contributed by atoms with Crippen LogP contribution in [0.4, 0.5) is 30.4 Å². The number of methoxy groups -OCH3 is 1. The Kier molecular flexibility index (Phi) is 4.84. The van der Waals surface area contributed by atoms with Gasteiger partial charge in [0.1, 0.15) is 5.82 Å². The van der Waals surface area contributed by atoms with Crippen LogP contribution in [0.25, 0.3) is 10.9 Å². The fraction of sp³-hybridized carbons (Fsp3) is 0.250. The lowest BCUT2D eigenvalue weighted by atomic mass is 10.1. The fourth-order valence-electron chi connectivity index (χ4n) is 3.15. The van der Waals surface area contributed by atoms with Gasteiger partial charge in [0.2, 0.25) is 5.91 Å². The van der Waals surface area contributed by atoms with E-state index < -0.39 is 23.0 Å². The van der Waals surface area contributed by atoms with Gasteiger partial charge in [0.25, 0.3) is 5.56 Å². The van der Waals surface area contributed by atoms with Crippen LogP contribution in [0.15, 0.2) is 41.3 Å². The van der Waals surface area contributed by atoms with Gasteiger partial charge >= 0.3 is 6.18 Å². The zero-order valence-corrected chi connectivity index (χ0v) is 15.8. The number of hydrogen-bond donors (Lipinski definition) is 3. The highest BCUT2D eigenvalue weighted by molar-refractivity contribution is 5.98. The number of alkyl halides is 3. The molecule has 0 saturated heterocycles. The Hall–Kier alpha value is -3.56. The number of pyridine rings is 2. The molecule has 0 atom stereocenters. The number of rotatable bonds is 5. The molecule has 0 unspecified atom stereocenters. The van der Waals surface area contributed by atoms with E-state index in [0.717, 1.165) is 26.0 Å². The molecule has 1 amide bonds. The number of amides is 1. The number of anilines is 3. The normalized spacial score (nSPS) is 13.9. The van der Waals surface area contributed by atoms with Crippen LogP contribution >= 0.6 is 0 Å². The molecule has 1 fully saturated rings. The Balaban J connectivity index is 1.82. The van der Waals surface area contributed by atoms with E-state index in [0.29, 0.717) is 0 Å². The number of carbonyl (C=O) groups is 1. The SMILES string of the molecule is COc1c(Nc2cc(NC(=O)C3CC3)nc3cc[nH]c(=O)c23)cccc1C(F)(F)F. The van der Waals surface area contributed by atoms with Crippen LogP contribution in [0.1, 0.15) is 18.4 Å². The molecule has 0 aliphatic heterocycles. The number of H-pyrrole nitrogens is 1. The van der Waals surface area contributed by atoms with Crippen molar-refractivity contribution in [3.05, 3.63) is 52.4 Å². The van der Waals surface area contributed by atoms with Crippen LogP contribution in [-0.4, -0.2) is 23.0 Å². The highest BCUT2D eigenvalue weighted by Gasteiger charge is 2.35. The average molecular weight is 418 g/mol. The topological polar surface area (TPSA) is 96.1 Å². The first-order chi connectivity index (χ1) is 14.3. The number of para-hydroxylation sites is 1. The molecule has 156 valence electrons. The molecule has 1 aliphatic rings. The molecule has 2 aromatic heterocycles. The molecule has 2 heterocycles. The molecule has 30 heavy (non-hydrogen) atoms. The summed E-state index contributed by atoms with van der Waals surface area (Å²) in [6.45, 7) is 0. The summed E-state index contributed by atoms with van der Waals surface area (Å²) in [7, 11) is 1.13. The number of ether oxygens (including phenoxy) is 1. The predicted molar refractivity (Wildman–Crippen MR) is 105 cm³/mol. The molecule has 0 radical (unpaired) electrons. The van der Waals surface area contributed by atoms with Gasteiger partial charge in [0, 0.05) is 18.2 Å². The van der Waals surface area contributed by atoms with Gasteiger partial charge in [-0.05, 0) is 31.0 Å². The number of aromatic nitrogens is 2. The van der Waals surface area contributed by atoms with Crippen molar-refractivity contribution in [2.45, 2.75) is 19.0 Å². The Labute approximate surface area is 168 Å². The summed E-state index contributed by atoms with van der Waals surface area (Å²) in [5.74, 6) is -0.472. The minimum atomic E-state index is -4.62. The van der Waals surface area contributed by atoms with E-state index in [2.05, 4.69) is 20.6 Å². The number of hydrogen-bond acceptors (Lipinski definition) is 5. The number of nitrogens with zero attached hydrogens (tertiary/aromatic N) is 1. The average Bonchev–Trinajstić information content (AvgIpc) is 3.52.